The molecule has 0 amide bonds. The van der Waals surface area contributed by atoms with Crippen LogP contribution in [0.4, 0.5) is 0 Å². The lowest BCUT2D eigenvalue weighted by Crippen LogP contribution is -2.30. The van der Waals surface area contributed by atoms with E-state index in [1.807, 2.05) is 0 Å². The fourth-order valence-corrected chi connectivity index (χ4v) is 6.56. The molecule has 0 saturated heterocycles. The zero-order chi connectivity index (χ0) is 44.4. The van der Waals surface area contributed by atoms with E-state index in [1.54, 1.807) is 0 Å². The Morgan fingerprint density at radius 3 is 1.07 bits per heavy atom. The van der Waals surface area contributed by atoms with E-state index in [0.29, 0.717) is 19.3 Å². The second-order valence-electron chi connectivity index (χ2n) is 16.3. The van der Waals surface area contributed by atoms with E-state index >= 15 is 0 Å². The van der Waals surface area contributed by atoms with Crippen LogP contribution in [0.1, 0.15) is 226 Å². The van der Waals surface area contributed by atoms with Gasteiger partial charge in [-0.25, -0.2) is 0 Å². The first-order chi connectivity index (χ1) is 30.0. The predicted molar refractivity (Wildman–Crippen MR) is 261 cm³/mol. The maximum atomic E-state index is 12.8. The molecule has 6 nitrogen and oxygen atoms in total. The quantitative estimate of drug-likeness (QED) is 0.0263. The minimum atomic E-state index is -0.797. The number of carbonyl (C=O) groups excluding carboxylic acids is 3. The average Bonchev–Trinajstić information content (AvgIpc) is 3.26. The Kier molecular flexibility index (Phi) is 46.5. The summed E-state index contributed by atoms with van der Waals surface area (Å²) in [6.07, 6.45) is 62.7. The molecule has 6 heteroatoms. The van der Waals surface area contributed by atoms with Crippen LogP contribution < -0.4 is 0 Å². The number of ether oxygens (including phenoxy) is 3. The van der Waals surface area contributed by atoms with Crippen LogP contribution in [-0.4, -0.2) is 37.2 Å². The van der Waals surface area contributed by atoms with Gasteiger partial charge in [-0.3, -0.25) is 14.4 Å². The first-order valence-corrected chi connectivity index (χ1v) is 25.1. The van der Waals surface area contributed by atoms with Gasteiger partial charge in [-0.05, 0) is 109 Å². The van der Waals surface area contributed by atoms with Crippen molar-refractivity contribution in [1.82, 2.24) is 0 Å². The largest absolute Gasteiger partial charge is 0.462 e. The van der Waals surface area contributed by atoms with E-state index in [-0.39, 0.29) is 31.1 Å². The molecular weight excluding hydrogens is 757 g/mol. The molecule has 0 fully saturated rings. The van der Waals surface area contributed by atoms with E-state index in [1.165, 1.54) is 57.8 Å². The van der Waals surface area contributed by atoms with Gasteiger partial charge in [0, 0.05) is 19.3 Å². The molecule has 0 saturated carbocycles. The van der Waals surface area contributed by atoms with Crippen molar-refractivity contribution in [2.75, 3.05) is 13.2 Å². The van der Waals surface area contributed by atoms with Crippen LogP contribution in [0.25, 0.3) is 0 Å². The van der Waals surface area contributed by atoms with Crippen LogP contribution in [0.3, 0.4) is 0 Å². The highest BCUT2D eigenvalue weighted by Gasteiger charge is 2.19. The summed E-state index contributed by atoms with van der Waals surface area (Å²) in [5, 5.41) is 0. The second-order valence-corrected chi connectivity index (χ2v) is 16.3. The lowest BCUT2D eigenvalue weighted by molar-refractivity contribution is -0.167. The first-order valence-electron chi connectivity index (χ1n) is 25.1. The highest BCUT2D eigenvalue weighted by molar-refractivity contribution is 5.71. The molecule has 0 aliphatic rings. The Morgan fingerprint density at radius 2 is 0.656 bits per heavy atom. The molecule has 1 unspecified atom stereocenters. The van der Waals surface area contributed by atoms with E-state index in [0.717, 1.165) is 128 Å². The van der Waals surface area contributed by atoms with Crippen molar-refractivity contribution in [2.24, 2.45) is 0 Å². The first kappa shape index (κ1) is 57.6. The molecule has 0 radical (unpaired) electrons. The lowest BCUT2D eigenvalue weighted by atomic mass is 10.1. The van der Waals surface area contributed by atoms with Crippen LogP contribution in [0.5, 0.6) is 0 Å². The van der Waals surface area contributed by atoms with Crippen LogP contribution in [0, 0.1) is 0 Å². The summed E-state index contributed by atoms with van der Waals surface area (Å²) >= 11 is 0. The standard InChI is InChI=1S/C55H92O6/c1-4-7-10-13-16-19-22-25-27-28-29-31-33-36-39-42-45-48-54(57)60-51-52(50-59-53(56)47-44-41-38-35-32-24-21-18-15-12-9-6-3)61-55(58)49-46-43-40-37-34-30-26-23-20-17-14-11-8-5-2/h7,10,14,16-19,21,23,25-27,29,31,52H,4-6,8-9,11-13,15,20,22,24,28,30,32-51H2,1-3H3/b10-7-,17-14-,19-16-,21-18-,26-23-,27-25-,31-29-. The zero-order valence-electron chi connectivity index (χ0n) is 39.7. The van der Waals surface area contributed by atoms with Crippen molar-refractivity contribution in [3.8, 4) is 0 Å². The van der Waals surface area contributed by atoms with E-state index < -0.39 is 6.10 Å². The molecule has 0 bridgehead atoms. The maximum Gasteiger partial charge on any atom is 0.306 e. The van der Waals surface area contributed by atoms with Crippen LogP contribution in [0.2, 0.25) is 0 Å². The van der Waals surface area contributed by atoms with Crippen molar-refractivity contribution in [2.45, 2.75) is 232 Å². The van der Waals surface area contributed by atoms with Gasteiger partial charge in [0.2, 0.25) is 0 Å². The Hall–Kier alpha value is -3.41. The normalized spacial score (nSPS) is 12.8. The van der Waals surface area contributed by atoms with Crippen molar-refractivity contribution in [1.29, 1.82) is 0 Å². The summed E-state index contributed by atoms with van der Waals surface area (Å²) in [4.78, 5) is 37.9. The Labute approximate surface area is 375 Å². The SMILES string of the molecule is CC/C=C\C/C=C\C/C=C\C/C=C\CCCCCCC(=O)OCC(COC(=O)CCCCCCC/C=C\CCCCC)OC(=O)CCCCCCC/C=C\C/C=C\CCCC. The van der Waals surface area contributed by atoms with Gasteiger partial charge < -0.3 is 14.2 Å². The molecule has 1 atom stereocenters. The summed E-state index contributed by atoms with van der Waals surface area (Å²) in [6, 6.07) is 0. The van der Waals surface area contributed by atoms with Gasteiger partial charge in [0.25, 0.3) is 0 Å². The van der Waals surface area contributed by atoms with Crippen molar-refractivity contribution < 1.29 is 28.6 Å². The summed E-state index contributed by atoms with van der Waals surface area (Å²) < 4.78 is 16.7. The Morgan fingerprint density at radius 1 is 0.344 bits per heavy atom. The number of carbonyl (C=O) groups is 3. The molecule has 0 aliphatic carbocycles. The molecule has 0 aromatic heterocycles. The number of unbranched alkanes of at least 4 members (excludes halogenated alkanes) is 19. The number of esters is 3. The maximum absolute atomic E-state index is 12.8. The Bertz CT molecular complexity index is 1200. The molecule has 0 aromatic carbocycles. The topological polar surface area (TPSA) is 78.9 Å². The average molecular weight is 849 g/mol. The van der Waals surface area contributed by atoms with Gasteiger partial charge in [0.05, 0.1) is 0 Å². The van der Waals surface area contributed by atoms with Gasteiger partial charge in [0.1, 0.15) is 13.2 Å². The second kappa shape index (κ2) is 49.2. The van der Waals surface area contributed by atoms with Gasteiger partial charge in [-0.1, -0.05) is 183 Å². The minimum absolute atomic E-state index is 0.0954. The number of hydrogen-bond donors (Lipinski definition) is 0. The summed E-state index contributed by atoms with van der Waals surface area (Å²) in [5.41, 5.74) is 0. The summed E-state index contributed by atoms with van der Waals surface area (Å²) in [5.74, 6) is -0.946. The van der Waals surface area contributed by atoms with Gasteiger partial charge in [0.15, 0.2) is 6.10 Å². The number of hydrogen-bond acceptors (Lipinski definition) is 6. The zero-order valence-corrected chi connectivity index (χ0v) is 39.7. The van der Waals surface area contributed by atoms with Crippen LogP contribution >= 0.6 is 0 Å². The van der Waals surface area contributed by atoms with E-state index in [4.69, 9.17) is 14.2 Å². The lowest BCUT2D eigenvalue weighted by Gasteiger charge is -2.18. The summed E-state index contributed by atoms with van der Waals surface area (Å²) in [7, 11) is 0. The highest BCUT2D eigenvalue weighted by Crippen LogP contribution is 2.13. The minimum Gasteiger partial charge on any atom is -0.462 e. The molecule has 0 spiro atoms. The molecule has 348 valence electrons. The third-order valence-corrected chi connectivity index (χ3v) is 10.4. The monoisotopic (exact) mass is 849 g/mol. The molecule has 0 heterocycles. The number of allylic oxidation sites excluding steroid dienone is 14. The Balaban J connectivity index is 4.46. The fraction of sp³-hybridized carbons (Fsp3) is 0.691. The highest BCUT2D eigenvalue weighted by atomic mass is 16.6. The molecule has 0 aliphatic heterocycles. The third-order valence-electron chi connectivity index (χ3n) is 10.4. The molecular formula is C55H92O6. The molecule has 0 aromatic rings. The van der Waals surface area contributed by atoms with Crippen molar-refractivity contribution in [3.63, 3.8) is 0 Å². The summed E-state index contributed by atoms with van der Waals surface area (Å²) in [6.45, 7) is 6.41. The van der Waals surface area contributed by atoms with Crippen molar-refractivity contribution in [3.05, 3.63) is 85.1 Å². The molecule has 0 N–H and O–H groups in total. The van der Waals surface area contributed by atoms with Gasteiger partial charge in [-0.15, -0.1) is 0 Å². The fourth-order valence-electron chi connectivity index (χ4n) is 6.56. The third kappa shape index (κ3) is 47.5. The van der Waals surface area contributed by atoms with Gasteiger partial charge in [-0.2, -0.15) is 0 Å². The van der Waals surface area contributed by atoms with E-state index in [9.17, 15) is 14.4 Å². The smallest absolute Gasteiger partial charge is 0.306 e. The molecule has 0 rings (SSSR count). The van der Waals surface area contributed by atoms with Crippen molar-refractivity contribution >= 4 is 17.9 Å². The van der Waals surface area contributed by atoms with Crippen LogP contribution in [-0.2, 0) is 28.6 Å². The van der Waals surface area contributed by atoms with Gasteiger partial charge >= 0.3 is 17.9 Å². The molecule has 61 heavy (non-hydrogen) atoms. The number of rotatable bonds is 44. The van der Waals surface area contributed by atoms with E-state index in [2.05, 4.69) is 106 Å². The van der Waals surface area contributed by atoms with Crippen LogP contribution in [0.15, 0.2) is 85.1 Å². The predicted octanol–water partition coefficient (Wildman–Crippen LogP) is 16.4.